The lowest BCUT2D eigenvalue weighted by Gasteiger charge is -2.21. The molecular weight excluding hydrogens is 448 g/mol. The second-order valence-electron chi connectivity index (χ2n) is 9.18. The number of ether oxygens (including phenoxy) is 2. The second kappa shape index (κ2) is 11.4. The Morgan fingerprint density at radius 3 is 2.31 bits per heavy atom. The van der Waals surface area contributed by atoms with Crippen molar-refractivity contribution in [2.45, 2.75) is 37.6 Å². The van der Waals surface area contributed by atoms with Crippen molar-refractivity contribution in [1.82, 2.24) is 10.6 Å². The third-order valence-electron chi connectivity index (χ3n) is 7.08. The number of nitrogens with one attached hydrogen (secondary N) is 2. The molecule has 0 saturated heterocycles. The topological polar surface area (TPSA) is 114 Å². The molecule has 3 N–H and O–H groups in total. The maximum atomic E-state index is 12.8. The number of carboxylic acids is 1. The van der Waals surface area contributed by atoms with Gasteiger partial charge in [-0.3, -0.25) is 9.59 Å². The van der Waals surface area contributed by atoms with E-state index in [1.165, 1.54) is 7.11 Å². The Kier molecular flexibility index (Phi) is 8.02. The summed E-state index contributed by atoms with van der Waals surface area (Å²) >= 11 is 0. The summed E-state index contributed by atoms with van der Waals surface area (Å²) in [5, 5.41) is 14.8. The van der Waals surface area contributed by atoms with Crippen LogP contribution in [0, 0.1) is 11.8 Å². The number of methoxy groups -OCH3 is 1. The lowest BCUT2D eigenvalue weighted by atomic mass is 9.96. The molecule has 4 rings (SSSR count). The van der Waals surface area contributed by atoms with Gasteiger partial charge in [0.2, 0.25) is 5.91 Å². The number of hydrogen-bond donors (Lipinski definition) is 3. The molecule has 186 valence electrons. The molecule has 2 aromatic carbocycles. The van der Waals surface area contributed by atoms with Gasteiger partial charge in [-0.05, 0) is 41.0 Å². The summed E-state index contributed by atoms with van der Waals surface area (Å²) < 4.78 is 10.7. The Morgan fingerprint density at radius 1 is 1.03 bits per heavy atom. The van der Waals surface area contributed by atoms with Crippen LogP contribution in [0.25, 0.3) is 11.1 Å². The van der Waals surface area contributed by atoms with E-state index in [0.717, 1.165) is 35.1 Å². The van der Waals surface area contributed by atoms with E-state index in [-0.39, 0.29) is 43.9 Å². The molecule has 0 bridgehead atoms. The number of carboxylic acid groups (broad SMARTS) is 1. The summed E-state index contributed by atoms with van der Waals surface area (Å²) in [6.07, 6.45) is 1.83. The summed E-state index contributed by atoms with van der Waals surface area (Å²) in [6, 6.07) is 15.3. The van der Waals surface area contributed by atoms with Crippen LogP contribution in [0.15, 0.2) is 48.5 Å². The highest BCUT2D eigenvalue weighted by molar-refractivity contribution is 5.86. The van der Waals surface area contributed by atoms with Crippen LogP contribution in [-0.4, -0.2) is 56.0 Å². The molecule has 8 heteroatoms. The number of alkyl carbamates (subject to hydrolysis) is 1. The van der Waals surface area contributed by atoms with E-state index in [0.29, 0.717) is 6.42 Å². The monoisotopic (exact) mass is 480 g/mol. The molecule has 1 saturated carbocycles. The average molecular weight is 481 g/mol. The first-order valence-corrected chi connectivity index (χ1v) is 12.1. The summed E-state index contributed by atoms with van der Waals surface area (Å²) in [5.41, 5.74) is 4.50. The van der Waals surface area contributed by atoms with E-state index < -0.39 is 24.0 Å². The van der Waals surface area contributed by atoms with Crippen molar-refractivity contribution in [2.75, 3.05) is 26.9 Å². The van der Waals surface area contributed by atoms with Crippen molar-refractivity contribution < 1.29 is 29.0 Å². The minimum Gasteiger partial charge on any atom is -0.481 e. The predicted octanol–water partition coefficient (Wildman–Crippen LogP) is 3.55. The molecule has 1 unspecified atom stereocenters. The van der Waals surface area contributed by atoms with E-state index in [2.05, 4.69) is 22.8 Å². The molecule has 0 aromatic heterocycles. The molecule has 2 aliphatic rings. The molecule has 0 heterocycles. The van der Waals surface area contributed by atoms with E-state index in [4.69, 9.17) is 9.47 Å². The van der Waals surface area contributed by atoms with Gasteiger partial charge in [0.15, 0.2) is 0 Å². The van der Waals surface area contributed by atoms with Crippen LogP contribution in [0.5, 0.6) is 0 Å². The minimum atomic E-state index is -0.838. The van der Waals surface area contributed by atoms with Gasteiger partial charge in [0.05, 0.1) is 5.92 Å². The van der Waals surface area contributed by atoms with Crippen molar-refractivity contribution >= 4 is 18.0 Å². The zero-order chi connectivity index (χ0) is 24.8. The predicted molar refractivity (Wildman–Crippen MR) is 130 cm³/mol. The normalized spacial score (nSPS) is 19.5. The first kappa shape index (κ1) is 24.7. The molecule has 2 aliphatic carbocycles. The van der Waals surface area contributed by atoms with Crippen molar-refractivity contribution in [1.29, 1.82) is 0 Å². The molecule has 35 heavy (non-hydrogen) atoms. The molecule has 2 amide bonds. The van der Waals surface area contributed by atoms with Crippen molar-refractivity contribution in [3.8, 4) is 11.1 Å². The van der Waals surface area contributed by atoms with Crippen LogP contribution < -0.4 is 10.6 Å². The third kappa shape index (κ3) is 5.65. The fraction of sp³-hybridized carbons (Fsp3) is 0.444. The van der Waals surface area contributed by atoms with E-state index in [1.54, 1.807) is 0 Å². The van der Waals surface area contributed by atoms with Crippen molar-refractivity contribution in [2.24, 2.45) is 11.8 Å². The number of hydrogen-bond acceptors (Lipinski definition) is 5. The van der Waals surface area contributed by atoms with Crippen LogP contribution in [0.1, 0.15) is 42.7 Å². The molecule has 3 atom stereocenters. The third-order valence-corrected chi connectivity index (χ3v) is 7.08. The number of rotatable bonds is 10. The van der Waals surface area contributed by atoms with Crippen LogP contribution >= 0.6 is 0 Å². The van der Waals surface area contributed by atoms with Crippen LogP contribution in [0.3, 0.4) is 0 Å². The van der Waals surface area contributed by atoms with Gasteiger partial charge in [0.1, 0.15) is 12.6 Å². The first-order chi connectivity index (χ1) is 17.0. The number of benzene rings is 2. The molecule has 2 aromatic rings. The maximum absolute atomic E-state index is 12.8. The van der Waals surface area contributed by atoms with Gasteiger partial charge < -0.3 is 25.2 Å². The van der Waals surface area contributed by atoms with E-state index in [1.807, 2.05) is 36.4 Å². The van der Waals surface area contributed by atoms with Crippen LogP contribution in [0.2, 0.25) is 0 Å². The largest absolute Gasteiger partial charge is 0.481 e. The van der Waals surface area contributed by atoms with Gasteiger partial charge in [-0.15, -0.1) is 0 Å². The van der Waals surface area contributed by atoms with Crippen molar-refractivity contribution in [3.63, 3.8) is 0 Å². The smallest absolute Gasteiger partial charge is 0.407 e. The highest BCUT2D eigenvalue weighted by atomic mass is 16.5. The van der Waals surface area contributed by atoms with E-state index in [9.17, 15) is 19.5 Å². The molecule has 0 aliphatic heterocycles. The Labute approximate surface area is 205 Å². The average Bonchev–Trinajstić information content (AvgIpc) is 3.47. The number of carbonyl (C=O) groups is 3. The number of amides is 2. The zero-order valence-electron chi connectivity index (χ0n) is 19.9. The molecule has 1 fully saturated rings. The van der Waals surface area contributed by atoms with Gasteiger partial charge in [0.25, 0.3) is 0 Å². The highest BCUT2D eigenvalue weighted by Gasteiger charge is 2.34. The van der Waals surface area contributed by atoms with Gasteiger partial charge in [-0.2, -0.15) is 0 Å². The summed E-state index contributed by atoms with van der Waals surface area (Å²) in [4.78, 5) is 36.9. The molecular formula is C27H32N2O6. The fourth-order valence-corrected chi connectivity index (χ4v) is 5.25. The Bertz CT molecular complexity index is 1030. The van der Waals surface area contributed by atoms with Crippen molar-refractivity contribution in [3.05, 3.63) is 59.7 Å². The van der Waals surface area contributed by atoms with Crippen LogP contribution in [0.4, 0.5) is 4.79 Å². The quantitative estimate of drug-likeness (QED) is 0.479. The number of fused-ring (bicyclic) bond motifs is 3. The number of aliphatic carboxylic acids is 1. The zero-order valence-corrected chi connectivity index (χ0v) is 19.9. The minimum absolute atomic E-state index is 0.0743. The summed E-state index contributed by atoms with van der Waals surface area (Å²) in [5.74, 6) is -1.81. The van der Waals surface area contributed by atoms with Gasteiger partial charge >= 0.3 is 12.1 Å². The standard InChI is InChI=1S/C27H32N2O6/c1-34-14-13-24(25(30)28-15-17-7-6-12-18(17)26(31)32)29-27(33)35-16-23-21-10-4-2-8-19(21)20-9-3-5-11-22(20)23/h2-5,8-11,17-18,23-24H,6-7,12-16H2,1H3,(H,28,30)(H,29,33)(H,31,32)/t17-,18-,24?/m1/s1. The Hall–Kier alpha value is -3.39. The lowest BCUT2D eigenvalue weighted by Crippen LogP contribution is -2.49. The lowest BCUT2D eigenvalue weighted by molar-refractivity contribution is -0.143. The van der Waals surface area contributed by atoms with Gasteiger partial charge in [-0.1, -0.05) is 55.0 Å². The fourth-order valence-electron chi connectivity index (χ4n) is 5.25. The molecule has 0 radical (unpaired) electrons. The highest BCUT2D eigenvalue weighted by Crippen LogP contribution is 2.44. The van der Waals surface area contributed by atoms with Gasteiger partial charge in [-0.25, -0.2) is 4.79 Å². The molecule has 0 spiro atoms. The Balaban J connectivity index is 1.35. The summed E-state index contributed by atoms with van der Waals surface area (Å²) in [6.45, 7) is 0.704. The van der Waals surface area contributed by atoms with Crippen LogP contribution in [-0.2, 0) is 19.1 Å². The SMILES string of the molecule is COCCC(NC(=O)OCC1c2ccccc2-c2ccccc21)C(=O)NC[C@H]1CCC[C@H]1C(=O)O. The maximum Gasteiger partial charge on any atom is 0.407 e. The molecule has 8 nitrogen and oxygen atoms in total. The van der Waals surface area contributed by atoms with E-state index >= 15 is 0 Å². The first-order valence-electron chi connectivity index (χ1n) is 12.1. The van der Waals surface area contributed by atoms with Gasteiger partial charge in [0, 0.05) is 32.6 Å². The second-order valence-corrected chi connectivity index (χ2v) is 9.18. The summed E-state index contributed by atoms with van der Waals surface area (Å²) in [7, 11) is 1.53. The number of carbonyl (C=O) groups excluding carboxylic acids is 2. The Morgan fingerprint density at radius 2 is 1.69 bits per heavy atom.